The molecular weight excluding hydrogens is 420 g/mol. The van der Waals surface area contributed by atoms with E-state index in [-0.39, 0.29) is 0 Å². The molecular formula is C16H19Br2ClS. The normalized spacial score (nSPS) is 40.2. The van der Waals surface area contributed by atoms with Crippen molar-refractivity contribution >= 4 is 54.8 Å². The second-order valence-electron chi connectivity index (χ2n) is 7.36. The molecule has 0 spiro atoms. The van der Waals surface area contributed by atoms with Crippen molar-refractivity contribution in [3.8, 4) is 0 Å². The highest BCUT2D eigenvalue weighted by Crippen LogP contribution is 2.63. The van der Waals surface area contributed by atoms with Gasteiger partial charge < -0.3 is 0 Å². The Morgan fingerprint density at radius 1 is 1.20 bits per heavy atom. The van der Waals surface area contributed by atoms with Crippen LogP contribution >= 0.6 is 54.8 Å². The standard InChI is InChI=1S/C16H19Br2ClS/c17-12(14-4-13(19)15(18)20-14)8-16-5-9-1-10(6-16)3-11(2-9)7-16/h4,9-12H,1-3,5-8H2. The fourth-order valence-corrected chi connectivity index (χ4v) is 8.36. The summed E-state index contributed by atoms with van der Waals surface area (Å²) >= 11 is 15.5. The second-order valence-corrected chi connectivity index (χ2v) is 11.3. The first-order chi connectivity index (χ1) is 9.53. The second kappa shape index (κ2) is 5.25. The van der Waals surface area contributed by atoms with Crippen LogP contribution in [0.3, 0.4) is 0 Å². The highest BCUT2D eigenvalue weighted by atomic mass is 79.9. The van der Waals surface area contributed by atoms with E-state index in [0.29, 0.717) is 10.2 Å². The number of thiophene rings is 1. The molecule has 0 N–H and O–H groups in total. The Bertz CT molecular complexity index is 470. The van der Waals surface area contributed by atoms with Crippen molar-refractivity contribution < 1.29 is 0 Å². The first-order valence-corrected chi connectivity index (χ1v) is 10.5. The number of alkyl halides is 1. The van der Waals surface area contributed by atoms with Gasteiger partial charge in [0.15, 0.2) is 0 Å². The smallest absolute Gasteiger partial charge is 0.0887 e. The van der Waals surface area contributed by atoms with Crippen molar-refractivity contribution in [2.75, 3.05) is 0 Å². The molecule has 5 rings (SSSR count). The molecule has 0 amide bonds. The first kappa shape index (κ1) is 14.5. The zero-order chi connectivity index (χ0) is 13.9. The number of hydrogen-bond acceptors (Lipinski definition) is 1. The lowest BCUT2D eigenvalue weighted by Gasteiger charge is -2.57. The van der Waals surface area contributed by atoms with E-state index >= 15 is 0 Å². The lowest BCUT2D eigenvalue weighted by molar-refractivity contribution is -0.0570. The maximum atomic E-state index is 6.19. The Kier molecular flexibility index (Phi) is 3.81. The predicted molar refractivity (Wildman–Crippen MR) is 93.9 cm³/mol. The summed E-state index contributed by atoms with van der Waals surface area (Å²) in [5, 5.41) is 0.861. The van der Waals surface area contributed by atoms with Gasteiger partial charge in [-0.25, -0.2) is 0 Å². The summed E-state index contributed by atoms with van der Waals surface area (Å²) < 4.78 is 1.07. The van der Waals surface area contributed by atoms with E-state index in [0.717, 1.165) is 26.6 Å². The third kappa shape index (κ3) is 2.55. The largest absolute Gasteiger partial charge is 0.130 e. The summed E-state index contributed by atoms with van der Waals surface area (Å²) in [6.45, 7) is 0. The van der Waals surface area contributed by atoms with Gasteiger partial charge in [-0.1, -0.05) is 27.5 Å². The monoisotopic (exact) mass is 436 g/mol. The SMILES string of the molecule is Clc1cc(C(Br)CC23CC4CC(CC(C4)C2)C3)sc1Br. The van der Waals surface area contributed by atoms with Crippen LogP contribution in [-0.4, -0.2) is 0 Å². The average molecular weight is 439 g/mol. The molecule has 20 heavy (non-hydrogen) atoms. The van der Waals surface area contributed by atoms with Crippen LogP contribution in [0, 0.1) is 23.2 Å². The predicted octanol–water partition coefficient (Wildman–Crippen LogP) is 7.21. The van der Waals surface area contributed by atoms with Crippen molar-refractivity contribution in [3.63, 3.8) is 0 Å². The lowest BCUT2D eigenvalue weighted by atomic mass is 9.48. The maximum Gasteiger partial charge on any atom is 0.0887 e. The molecule has 0 nitrogen and oxygen atoms in total. The minimum atomic E-state index is 0.479. The van der Waals surface area contributed by atoms with Gasteiger partial charge in [0.1, 0.15) is 0 Å². The highest BCUT2D eigenvalue weighted by molar-refractivity contribution is 9.11. The molecule has 1 unspecified atom stereocenters. The molecule has 4 heteroatoms. The van der Waals surface area contributed by atoms with Crippen LogP contribution in [0.25, 0.3) is 0 Å². The Balaban J connectivity index is 1.53. The molecule has 1 heterocycles. The summed E-state index contributed by atoms with van der Waals surface area (Å²) in [4.78, 5) is 1.87. The third-order valence-corrected chi connectivity index (χ3v) is 9.46. The molecule has 0 radical (unpaired) electrons. The molecule has 4 bridgehead atoms. The Labute approximate surface area is 146 Å². The van der Waals surface area contributed by atoms with Crippen LogP contribution in [0.2, 0.25) is 5.02 Å². The molecule has 1 aromatic rings. The summed E-state index contributed by atoms with van der Waals surface area (Å²) in [6.07, 6.45) is 10.4. The Hall–Kier alpha value is 0.950. The van der Waals surface area contributed by atoms with Crippen LogP contribution in [0.1, 0.15) is 54.7 Å². The van der Waals surface area contributed by atoms with E-state index in [1.165, 1.54) is 49.8 Å². The van der Waals surface area contributed by atoms with Crippen LogP contribution in [0.5, 0.6) is 0 Å². The minimum absolute atomic E-state index is 0.479. The summed E-state index contributed by atoms with van der Waals surface area (Å²) in [5.41, 5.74) is 0.631. The van der Waals surface area contributed by atoms with Crippen LogP contribution < -0.4 is 0 Å². The fourth-order valence-electron chi connectivity index (χ4n) is 5.54. The van der Waals surface area contributed by atoms with Crippen molar-refractivity contribution in [3.05, 3.63) is 19.8 Å². The van der Waals surface area contributed by atoms with Crippen molar-refractivity contribution in [2.45, 2.75) is 49.8 Å². The minimum Gasteiger partial charge on any atom is -0.130 e. The number of halogens is 3. The zero-order valence-corrected chi connectivity index (χ0v) is 16.1. The fraction of sp³-hybridized carbons (Fsp3) is 0.750. The highest BCUT2D eigenvalue weighted by Gasteiger charge is 2.51. The van der Waals surface area contributed by atoms with Crippen LogP contribution in [0.4, 0.5) is 0 Å². The molecule has 1 aromatic heterocycles. The maximum absolute atomic E-state index is 6.19. The molecule has 0 saturated heterocycles. The van der Waals surface area contributed by atoms with Gasteiger partial charge in [0.25, 0.3) is 0 Å². The molecule has 4 aliphatic carbocycles. The van der Waals surface area contributed by atoms with E-state index in [9.17, 15) is 0 Å². The van der Waals surface area contributed by atoms with Gasteiger partial charge in [-0.15, -0.1) is 11.3 Å². The number of hydrogen-bond donors (Lipinski definition) is 0. The molecule has 0 aromatic carbocycles. The average Bonchev–Trinajstić information content (AvgIpc) is 2.67. The molecule has 1 atom stereocenters. The van der Waals surface area contributed by atoms with Gasteiger partial charge in [0.2, 0.25) is 0 Å². The van der Waals surface area contributed by atoms with Gasteiger partial charge in [0, 0.05) is 9.70 Å². The molecule has 4 fully saturated rings. The lowest BCUT2D eigenvalue weighted by Crippen LogP contribution is -2.46. The van der Waals surface area contributed by atoms with Crippen molar-refractivity contribution in [2.24, 2.45) is 23.2 Å². The van der Waals surface area contributed by atoms with E-state index in [1.807, 2.05) is 0 Å². The summed E-state index contributed by atoms with van der Waals surface area (Å²) in [6, 6.07) is 2.14. The van der Waals surface area contributed by atoms with Crippen LogP contribution in [0.15, 0.2) is 9.85 Å². The van der Waals surface area contributed by atoms with Gasteiger partial charge in [-0.05, 0) is 90.1 Å². The third-order valence-electron chi connectivity index (χ3n) is 5.75. The van der Waals surface area contributed by atoms with Gasteiger partial charge in [-0.2, -0.15) is 0 Å². The number of rotatable bonds is 3. The Morgan fingerprint density at radius 3 is 2.20 bits per heavy atom. The molecule has 4 saturated carbocycles. The van der Waals surface area contributed by atoms with Gasteiger partial charge in [0.05, 0.1) is 8.81 Å². The quantitative estimate of drug-likeness (QED) is 0.438. The van der Waals surface area contributed by atoms with Gasteiger partial charge >= 0.3 is 0 Å². The molecule has 110 valence electrons. The van der Waals surface area contributed by atoms with E-state index < -0.39 is 0 Å². The van der Waals surface area contributed by atoms with Crippen molar-refractivity contribution in [1.29, 1.82) is 0 Å². The summed E-state index contributed by atoms with van der Waals surface area (Å²) in [5.74, 6) is 3.12. The van der Waals surface area contributed by atoms with E-state index in [1.54, 1.807) is 11.3 Å². The zero-order valence-electron chi connectivity index (χ0n) is 11.4. The summed E-state index contributed by atoms with van der Waals surface area (Å²) in [7, 11) is 0. The van der Waals surface area contributed by atoms with Crippen LogP contribution in [-0.2, 0) is 0 Å². The topological polar surface area (TPSA) is 0 Å². The first-order valence-electron chi connectivity index (χ1n) is 7.62. The molecule has 4 aliphatic rings. The van der Waals surface area contributed by atoms with Crippen molar-refractivity contribution in [1.82, 2.24) is 0 Å². The van der Waals surface area contributed by atoms with E-state index in [4.69, 9.17) is 11.6 Å². The van der Waals surface area contributed by atoms with E-state index in [2.05, 4.69) is 37.9 Å². The molecule has 0 aliphatic heterocycles. The Morgan fingerprint density at radius 2 is 1.75 bits per heavy atom. The van der Waals surface area contributed by atoms with Gasteiger partial charge in [-0.3, -0.25) is 0 Å².